The molecule has 0 saturated heterocycles. The highest BCUT2D eigenvalue weighted by Gasteiger charge is 2.12. The summed E-state index contributed by atoms with van der Waals surface area (Å²) in [6.45, 7) is 1.78. The summed E-state index contributed by atoms with van der Waals surface area (Å²) >= 11 is 0. The molecule has 2 unspecified atom stereocenters. The van der Waals surface area contributed by atoms with Gasteiger partial charge in [0, 0.05) is 0 Å². The van der Waals surface area contributed by atoms with Gasteiger partial charge < -0.3 is 9.53 Å². The maximum atomic E-state index is 10.2. The third-order valence-corrected chi connectivity index (χ3v) is 1.82. The highest BCUT2D eigenvalue weighted by atomic mass is 16.5. The van der Waals surface area contributed by atoms with Crippen LogP contribution in [0.5, 0.6) is 0 Å². The summed E-state index contributed by atoms with van der Waals surface area (Å²) in [6, 6.07) is 0. The van der Waals surface area contributed by atoms with Crippen molar-refractivity contribution in [1.82, 2.24) is 0 Å². The van der Waals surface area contributed by atoms with Gasteiger partial charge in [0.1, 0.15) is 12.4 Å². The standard InChI is InChI=1S/C9H14O2/c1-8(7-10)11-9-5-3-2-4-6-9/h2-3,7-9H,4-6H2,1H3. The van der Waals surface area contributed by atoms with Crippen LogP contribution in [0.1, 0.15) is 26.2 Å². The second kappa shape index (κ2) is 4.29. The normalized spacial score (nSPS) is 26.5. The van der Waals surface area contributed by atoms with Crippen molar-refractivity contribution in [3.05, 3.63) is 12.2 Å². The van der Waals surface area contributed by atoms with Gasteiger partial charge in [-0.25, -0.2) is 0 Å². The van der Waals surface area contributed by atoms with Crippen LogP contribution < -0.4 is 0 Å². The maximum Gasteiger partial charge on any atom is 0.148 e. The van der Waals surface area contributed by atoms with Crippen LogP contribution in [-0.2, 0) is 9.53 Å². The predicted octanol–water partition coefficient (Wildman–Crippen LogP) is 1.70. The Morgan fingerprint density at radius 1 is 1.64 bits per heavy atom. The minimum atomic E-state index is -0.244. The largest absolute Gasteiger partial charge is 0.367 e. The number of allylic oxidation sites excluding steroid dienone is 1. The fourth-order valence-corrected chi connectivity index (χ4v) is 1.23. The molecular formula is C9H14O2. The molecule has 0 spiro atoms. The quantitative estimate of drug-likeness (QED) is 0.457. The highest BCUT2D eigenvalue weighted by molar-refractivity contribution is 5.55. The Labute approximate surface area is 67.2 Å². The van der Waals surface area contributed by atoms with Gasteiger partial charge in [-0.15, -0.1) is 0 Å². The molecule has 0 saturated carbocycles. The second-order valence-corrected chi connectivity index (χ2v) is 2.88. The molecule has 0 aromatic carbocycles. The molecule has 0 heterocycles. The molecule has 0 amide bonds. The third-order valence-electron chi connectivity index (χ3n) is 1.82. The molecule has 0 aromatic rings. The first-order valence-corrected chi connectivity index (χ1v) is 4.08. The second-order valence-electron chi connectivity index (χ2n) is 2.88. The first-order valence-electron chi connectivity index (χ1n) is 4.08. The monoisotopic (exact) mass is 154 g/mol. The van der Waals surface area contributed by atoms with Crippen molar-refractivity contribution >= 4 is 6.29 Å². The van der Waals surface area contributed by atoms with E-state index < -0.39 is 0 Å². The molecule has 2 heteroatoms. The Morgan fingerprint density at radius 3 is 3.00 bits per heavy atom. The van der Waals surface area contributed by atoms with Crippen LogP contribution >= 0.6 is 0 Å². The molecule has 11 heavy (non-hydrogen) atoms. The molecule has 62 valence electrons. The molecule has 0 aliphatic heterocycles. The fraction of sp³-hybridized carbons (Fsp3) is 0.667. The summed E-state index contributed by atoms with van der Waals surface area (Å²) in [5.41, 5.74) is 0. The molecular weight excluding hydrogens is 140 g/mol. The zero-order valence-corrected chi connectivity index (χ0v) is 6.82. The van der Waals surface area contributed by atoms with E-state index in [1.807, 2.05) is 0 Å². The summed E-state index contributed by atoms with van der Waals surface area (Å²) in [7, 11) is 0. The smallest absolute Gasteiger partial charge is 0.148 e. The van der Waals surface area contributed by atoms with Crippen LogP contribution in [0.3, 0.4) is 0 Å². The molecule has 1 rings (SSSR count). The summed E-state index contributed by atoms with van der Waals surface area (Å²) < 4.78 is 5.42. The number of rotatable bonds is 3. The van der Waals surface area contributed by atoms with E-state index in [2.05, 4.69) is 12.2 Å². The molecule has 0 bridgehead atoms. The number of hydrogen-bond acceptors (Lipinski definition) is 2. The van der Waals surface area contributed by atoms with E-state index in [-0.39, 0.29) is 12.2 Å². The minimum absolute atomic E-state index is 0.244. The van der Waals surface area contributed by atoms with Crippen LogP contribution in [0.25, 0.3) is 0 Å². The number of carbonyl (C=O) groups excluding carboxylic acids is 1. The van der Waals surface area contributed by atoms with Crippen molar-refractivity contribution in [3.8, 4) is 0 Å². The summed E-state index contributed by atoms with van der Waals surface area (Å²) in [5, 5.41) is 0. The molecule has 1 aliphatic carbocycles. The lowest BCUT2D eigenvalue weighted by Crippen LogP contribution is -2.21. The third kappa shape index (κ3) is 2.85. The lowest BCUT2D eigenvalue weighted by atomic mass is 10.0. The Kier molecular flexibility index (Phi) is 3.30. The zero-order chi connectivity index (χ0) is 8.10. The van der Waals surface area contributed by atoms with Gasteiger partial charge in [-0.1, -0.05) is 12.2 Å². The van der Waals surface area contributed by atoms with Gasteiger partial charge in [0.05, 0.1) is 6.10 Å². The average molecular weight is 154 g/mol. The first kappa shape index (κ1) is 8.47. The first-order chi connectivity index (χ1) is 5.33. The van der Waals surface area contributed by atoms with E-state index >= 15 is 0 Å². The lowest BCUT2D eigenvalue weighted by molar-refractivity contribution is -0.120. The van der Waals surface area contributed by atoms with Crippen LogP contribution in [0.4, 0.5) is 0 Å². The highest BCUT2D eigenvalue weighted by Crippen LogP contribution is 2.15. The van der Waals surface area contributed by atoms with Crippen molar-refractivity contribution in [2.45, 2.75) is 38.4 Å². The van der Waals surface area contributed by atoms with E-state index in [4.69, 9.17) is 4.74 Å². The Balaban J connectivity index is 2.25. The molecule has 2 atom stereocenters. The van der Waals surface area contributed by atoms with Crippen LogP contribution in [0, 0.1) is 0 Å². The van der Waals surface area contributed by atoms with E-state index in [9.17, 15) is 4.79 Å². The van der Waals surface area contributed by atoms with Gasteiger partial charge in [-0.05, 0) is 26.2 Å². The van der Waals surface area contributed by atoms with Gasteiger partial charge in [0.15, 0.2) is 0 Å². The Hall–Kier alpha value is -0.630. The van der Waals surface area contributed by atoms with Crippen molar-refractivity contribution in [1.29, 1.82) is 0 Å². The van der Waals surface area contributed by atoms with E-state index in [0.717, 1.165) is 25.5 Å². The van der Waals surface area contributed by atoms with E-state index in [1.54, 1.807) is 6.92 Å². The molecule has 0 aromatic heterocycles. The molecule has 1 aliphatic rings. The Morgan fingerprint density at radius 2 is 2.45 bits per heavy atom. The topological polar surface area (TPSA) is 26.3 Å². The van der Waals surface area contributed by atoms with Crippen molar-refractivity contribution in [3.63, 3.8) is 0 Å². The fourth-order valence-electron chi connectivity index (χ4n) is 1.23. The number of aldehydes is 1. The lowest BCUT2D eigenvalue weighted by Gasteiger charge is -2.20. The average Bonchev–Trinajstić information content (AvgIpc) is 2.06. The SMILES string of the molecule is CC(C=O)OC1CC=CCC1. The Bertz CT molecular complexity index is 152. The van der Waals surface area contributed by atoms with Crippen LogP contribution in [0.15, 0.2) is 12.2 Å². The molecule has 0 fully saturated rings. The maximum absolute atomic E-state index is 10.2. The number of hydrogen-bond donors (Lipinski definition) is 0. The number of ether oxygens (including phenoxy) is 1. The van der Waals surface area contributed by atoms with Crippen molar-refractivity contribution < 1.29 is 9.53 Å². The molecule has 0 radical (unpaired) electrons. The van der Waals surface area contributed by atoms with Crippen molar-refractivity contribution in [2.24, 2.45) is 0 Å². The summed E-state index contributed by atoms with van der Waals surface area (Å²) in [4.78, 5) is 10.2. The zero-order valence-electron chi connectivity index (χ0n) is 6.82. The van der Waals surface area contributed by atoms with E-state index in [0.29, 0.717) is 0 Å². The van der Waals surface area contributed by atoms with Crippen LogP contribution in [-0.4, -0.2) is 18.5 Å². The van der Waals surface area contributed by atoms with Crippen molar-refractivity contribution in [2.75, 3.05) is 0 Å². The van der Waals surface area contributed by atoms with E-state index in [1.165, 1.54) is 0 Å². The van der Waals surface area contributed by atoms with Gasteiger partial charge in [0.2, 0.25) is 0 Å². The van der Waals surface area contributed by atoms with Gasteiger partial charge in [-0.2, -0.15) is 0 Å². The van der Waals surface area contributed by atoms with Crippen LogP contribution in [0.2, 0.25) is 0 Å². The predicted molar refractivity (Wildman–Crippen MR) is 43.4 cm³/mol. The van der Waals surface area contributed by atoms with Gasteiger partial charge >= 0.3 is 0 Å². The molecule has 2 nitrogen and oxygen atoms in total. The minimum Gasteiger partial charge on any atom is -0.367 e. The number of carbonyl (C=O) groups is 1. The summed E-state index contributed by atoms with van der Waals surface area (Å²) in [5.74, 6) is 0. The molecule has 0 N–H and O–H groups in total. The van der Waals surface area contributed by atoms with Gasteiger partial charge in [-0.3, -0.25) is 0 Å². The van der Waals surface area contributed by atoms with Gasteiger partial charge in [0.25, 0.3) is 0 Å². The summed E-state index contributed by atoms with van der Waals surface area (Å²) in [6.07, 6.45) is 8.23.